The van der Waals surface area contributed by atoms with Crippen LogP contribution < -0.4 is 20.1 Å². The van der Waals surface area contributed by atoms with Gasteiger partial charge in [-0.1, -0.05) is 29.8 Å². The van der Waals surface area contributed by atoms with Crippen molar-refractivity contribution in [3.8, 4) is 11.5 Å². The predicted molar refractivity (Wildman–Crippen MR) is 112 cm³/mol. The number of halogens is 1. The Labute approximate surface area is 168 Å². The van der Waals surface area contributed by atoms with E-state index in [0.29, 0.717) is 34.0 Å². The summed E-state index contributed by atoms with van der Waals surface area (Å²) >= 11 is 11.6. The van der Waals surface area contributed by atoms with Crippen LogP contribution in [0.5, 0.6) is 11.5 Å². The Morgan fingerprint density at radius 3 is 2.44 bits per heavy atom. The number of thiocarbonyl (C=S) groups is 1. The molecule has 0 fully saturated rings. The van der Waals surface area contributed by atoms with E-state index in [0.717, 1.165) is 11.3 Å². The first-order valence-corrected chi connectivity index (χ1v) is 8.94. The summed E-state index contributed by atoms with van der Waals surface area (Å²) in [7, 11) is 3.20. The molecule has 0 spiro atoms. The molecular weight excluding hydrogens is 384 g/mol. The first-order chi connectivity index (χ1) is 13.1. The SMILES string of the molecule is COc1cc(NC(=S)Nc2ccn(Cc3ccccc3Cl)n2)cc(OC)c1. The average molecular weight is 403 g/mol. The molecule has 27 heavy (non-hydrogen) atoms. The second-order valence-electron chi connectivity index (χ2n) is 5.67. The lowest BCUT2D eigenvalue weighted by molar-refractivity contribution is 0.395. The van der Waals surface area contributed by atoms with Crippen molar-refractivity contribution >= 4 is 40.4 Å². The van der Waals surface area contributed by atoms with Crippen molar-refractivity contribution in [2.75, 3.05) is 24.9 Å². The van der Waals surface area contributed by atoms with E-state index in [1.54, 1.807) is 25.0 Å². The first kappa shape index (κ1) is 19.0. The Bertz CT molecular complexity index is 923. The number of methoxy groups -OCH3 is 2. The zero-order chi connectivity index (χ0) is 19.2. The monoisotopic (exact) mass is 402 g/mol. The van der Waals surface area contributed by atoms with Crippen LogP contribution in [0.2, 0.25) is 5.02 Å². The minimum atomic E-state index is 0.410. The Balaban J connectivity index is 1.63. The van der Waals surface area contributed by atoms with Gasteiger partial charge in [0.25, 0.3) is 0 Å². The highest BCUT2D eigenvalue weighted by Gasteiger charge is 2.07. The van der Waals surface area contributed by atoms with Crippen molar-refractivity contribution < 1.29 is 9.47 Å². The van der Waals surface area contributed by atoms with Gasteiger partial charge in [-0.05, 0) is 23.8 Å². The third kappa shape index (κ3) is 5.12. The summed E-state index contributed by atoms with van der Waals surface area (Å²) in [5, 5.41) is 11.7. The van der Waals surface area contributed by atoms with Crippen molar-refractivity contribution in [2.45, 2.75) is 6.54 Å². The minimum Gasteiger partial charge on any atom is -0.497 e. The lowest BCUT2D eigenvalue weighted by atomic mass is 10.2. The summed E-state index contributed by atoms with van der Waals surface area (Å²) < 4.78 is 12.3. The summed E-state index contributed by atoms with van der Waals surface area (Å²) in [4.78, 5) is 0. The van der Waals surface area contributed by atoms with E-state index in [-0.39, 0.29) is 0 Å². The highest BCUT2D eigenvalue weighted by atomic mass is 35.5. The van der Waals surface area contributed by atoms with Crippen LogP contribution in [0.1, 0.15) is 5.56 Å². The zero-order valence-corrected chi connectivity index (χ0v) is 16.5. The van der Waals surface area contributed by atoms with Crippen molar-refractivity contribution in [1.29, 1.82) is 0 Å². The molecule has 0 aliphatic carbocycles. The number of aromatic nitrogens is 2. The molecule has 0 aliphatic rings. The summed E-state index contributed by atoms with van der Waals surface area (Å²) in [6, 6.07) is 15.0. The molecule has 2 aromatic carbocycles. The third-order valence-electron chi connectivity index (χ3n) is 3.78. The van der Waals surface area contributed by atoms with E-state index in [9.17, 15) is 0 Å². The molecule has 0 saturated carbocycles. The topological polar surface area (TPSA) is 60.3 Å². The molecule has 140 valence electrons. The Hall–Kier alpha value is -2.77. The maximum Gasteiger partial charge on any atom is 0.176 e. The zero-order valence-electron chi connectivity index (χ0n) is 14.9. The lowest BCUT2D eigenvalue weighted by Gasteiger charge is -2.12. The van der Waals surface area contributed by atoms with Crippen molar-refractivity contribution in [3.05, 3.63) is 65.3 Å². The van der Waals surface area contributed by atoms with E-state index in [4.69, 9.17) is 33.3 Å². The second-order valence-corrected chi connectivity index (χ2v) is 6.49. The molecule has 0 amide bonds. The number of benzene rings is 2. The van der Waals surface area contributed by atoms with Gasteiger partial charge in [0.1, 0.15) is 11.5 Å². The van der Waals surface area contributed by atoms with Gasteiger partial charge in [-0.15, -0.1) is 0 Å². The quantitative estimate of drug-likeness (QED) is 0.595. The molecule has 1 heterocycles. The van der Waals surface area contributed by atoms with Gasteiger partial charge in [-0.2, -0.15) is 5.10 Å². The van der Waals surface area contributed by atoms with Gasteiger partial charge in [0.2, 0.25) is 0 Å². The van der Waals surface area contributed by atoms with E-state index < -0.39 is 0 Å². The largest absolute Gasteiger partial charge is 0.497 e. The van der Waals surface area contributed by atoms with Crippen LogP contribution in [0.25, 0.3) is 0 Å². The number of anilines is 2. The van der Waals surface area contributed by atoms with Gasteiger partial charge in [-0.25, -0.2) is 0 Å². The average Bonchev–Trinajstić information content (AvgIpc) is 3.09. The molecule has 3 aromatic rings. The second kappa shape index (κ2) is 8.75. The van der Waals surface area contributed by atoms with Crippen LogP contribution in [0, 0.1) is 0 Å². The van der Waals surface area contributed by atoms with Crippen LogP contribution in [0.4, 0.5) is 11.5 Å². The Morgan fingerprint density at radius 2 is 1.78 bits per heavy atom. The van der Waals surface area contributed by atoms with Crippen LogP contribution >= 0.6 is 23.8 Å². The molecule has 8 heteroatoms. The molecular formula is C19H19ClN4O2S. The molecule has 2 N–H and O–H groups in total. The van der Waals surface area contributed by atoms with Gasteiger partial charge in [-0.3, -0.25) is 4.68 Å². The molecule has 3 rings (SSSR count). The third-order valence-corrected chi connectivity index (χ3v) is 4.35. The first-order valence-electron chi connectivity index (χ1n) is 8.15. The molecule has 0 unspecified atom stereocenters. The standard InChI is InChI=1S/C19H19ClN4O2S/c1-25-15-9-14(10-16(11-15)26-2)21-19(27)22-18-7-8-24(23-18)12-13-5-3-4-6-17(13)20/h3-11H,12H2,1-2H3,(H2,21,22,23,27). The fraction of sp³-hybridized carbons (Fsp3) is 0.158. The van der Waals surface area contributed by atoms with Crippen LogP contribution in [0.15, 0.2) is 54.7 Å². The van der Waals surface area contributed by atoms with E-state index >= 15 is 0 Å². The van der Waals surface area contributed by atoms with Gasteiger partial charge in [0.15, 0.2) is 10.9 Å². The molecule has 0 bridgehead atoms. The fourth-order valence-corrected chi connectivity index (χ4v) is 2.89. The molecule has 0 atom stereocenters. The Morgan fingerprint density at radius 1 is 1.07 bits per heavy atom. The minimum absolute atomic E-state index is 0.410. The number of hydrogen-bond donors (Lipinski definition) is 2. The molecule has 6 nitrogen and oxygen atoms in total. The van der Waals surface area contributed by atoms with Gasteiger partial charge >= 0.3 is 0 Å². The lowest BCUT2D eigenvalue weighted by Crippen LogP contribution is -2.19. The fourth-order valence-electron chi connectivity index (χ4n) is 2.48. The maximum atomic E-state index is 6.20. The van der Waals surface area contributed by atoms with Gasteiger partial charge < -0.3 is 20.1 Å². The van der Waals surface area contributed by atoms with E-state index in [1.807, 2.05) is 48.7 Å². The van der Waals surface area contributed by atoms with Crippen LogP contribution in [0.3, 0.4) is 0 Å². The molecule has 0 saturated heterocycles. The normalized spacial score (nSPS) is 10.3. The van der Waals surface area contributed by atoms with Crippen LogP contribution in [-0.4, -0.2) is 29.1 Å². The molecule has 0 radical (unpaired) electrons. The van der Waals surface area contributed by atoms with Gasteiger partial charge in [0, 0.05) is 41.2 Å². The number of nitrogens with one attached hydrogen (secondary N) is 2. The number of hydrogen-bond acceptors (Lipinski definition) is 4. The number of ether oxygens (including phenoxy) is 2. The van der Waals surface area contributed by atoms with Crippen molar-refractivity contribution in [1.82, 2.24) is 9.78 Å². The van der Waals surface area contributed by atoms with Gasteiger partial charge in [0.05, 0.1) is 20.8 Å². The molecule has 0 aliphatic heterocycles. The smallest absolute Gasteiger partial charge is 0.176 e. The highest BCUT2D eigenvalue weighted by Crippen LogP contribution is 2.26. The van der Waals surface area contributed by atoms with Crippen LogP contribution in [-0.2, 0) is 6.54 Å². The maximum absolute atomic E-state index is 6.20. The summed E-state index contributed by atoms with van der Waals surface area (Å²) in [6.07, 6.45) is 1.86. The summed E-state index contributed by atoms with van der Waals surface area (Å²) in [5.74, 6) is 1.97. The highest BCUT2D eigenvalue weighted by molar-refractivity contribution is 7.80. The Kier molecular flexibility index (Phi) is 6.16. The number of nitrogens with zero attached hydrogens (tertiary/aromatic N) is 2. The summed E-state index contributed by atoms with van der Waals surface area (Å²) in [5.41, 5.74) is 1.75. The summed E-state index contributed by atoms with van der Waals surface area (Å²) in [6.45, 7) is 0.578. The van der Waals surface area contributed by atoms with E-state index in [1.165, 1.54) is 0 Å². The van der Waals surface area contributed by atoms with Crippen molar-refractivity contribution in [2.24, 2.45) is 0 Å². The van der Waals surface area contributed by atoms with E-state index in [2.05, 4.69) is 15.7 Å². The number of rotatable bonds is 6. The van der Waals surface area contributed by atoms with Crippen molar-refractivity contribution in [3.63, 3.8) is 0 Å². The predicted octanol–water partition coefficient (Wildman–Crippen LogP) is 4.41. The molecule has 1 aromatic heterocycles.